The van der Waals surface area contributed by atoms with Gasteiger partial charge in [-0.15, -0.1) is 0 Å². The van der Waals surface area contributed by atoms with E-state index in [0.29, 0.717) is 13.2 Å². The van der Waals surface area contributed by atoms with Gasteiger partial charge in [0.05, 0.1) is 12.8 Å². The normalized spacial score (nSPS) is 10.2. The lowest BCUT2D eigenvalue weighted by atomic mass is 10.2. The van der Waals surface area contributed by atoms with Crippen LogP contribution in [0.2, 0.25) is 0 Å². The van der Waals surface area contributed by atoms with Crippen molar-refractivity contribution in [2.75, 3.05) is 13.2 Å². The molecule has 0 fully saturated rings. The molecule has 4 nitrogen and oxygen atoms in total. The molecule has 0 amide bonds. The molecule has 2 aromatic rings. The topological polar surface area (TPSA) is 57.4 Å². The van der Waals surface area contributed by atoms with Crippen LogP contribution in [0.25, 0.3) is 0 Å². The van der Waals surface area contributed by atoms with Crippen molar-refractivity contribution >= 4 is 0 Å². The van der Waals surface area contributed by atoms with Gasteiger partial charge in [-0.1, -0.05) is 0 Å². The van der Waals surface area contributed by atoms with Crippen molar-refractivity contribution in [2.45, 2.75) is 13.3 Å². The number of hydrogen-bond donors (Lipinski definition) is 1. The third kappa shape index (κ3) is 3.96. The number of hydrogen-bond acceptors (Lipinski definition) is 4. The Labute approximate surface area is 113 Å². The van der Waals surface area contributed by atoms with Crippen molar-refractivity contribution in [1.82, 2.24) is 4.98 Å². The number of ether oxygens (including phenoxy) is 2. The van der Waals surface area contributed by atoms with Gasteiger partial charge in [-0.3, -0.25) is 4.98 Å². The molecule has 0 atom stereocenters. The van der Waals surface area contributed by atoms with Gasteiger partial charge in [0.1, 0.15) is 17.2 Å². The molecule has 0 bridgehead atoms. The lowest BCUT2D eigenvalue weighted by Crippen LogP contribution is -2.03. The fourth-order valence-electron chi connectivity index (χ4n) is 1.73. The Morgan fingerprint density at radius 2 is 1.79 bits per heavy atom. The summed E-state index contributed by atoms with van der Waals surface area (Å²) < 4.78 is 11.1. The van der Waals surface area contributed by atoms with Crippen molar-refractivity contribution in [3.05, 3.63) is 48.3 Å². The summed E-state index contributed by atoms with van der Waals surface area (Å²) in [5, 5.41) is 0. The SMILES string of the molecule is CCOc1ccc(Oc2cncc(CCN)c2)cc1. The summed E-state index contributed by atoms with van der Waals surface area (Å²) in [5.41, 5.74) is 6.60. The van der Waals surface area contributed by atoms with Crippen LogP contribution in [0.3, 0.4) is 0 Å². The minimum absolute atomic E-state index is 0.605. The molecule has 100 valence electrons. The molecule has 2 N–H and O–H groups in total. The molecule has 0 spiro atoms. The second-order valence-electron chi connectivity index (χ2n) is 4.07. The average molecular weight is 258 g/mol. The number of benzene rings is 1. The van der Waals surface area contributed by atoms with Crippen molar-refractivity contribution in [3.63, 3.8) is 0 Å². The minimum Gasteiger partial charge on any atom is -0.494 e. The minimum atomic E-state index is 0.605. The van der Waals surface area contributed by atoms with Crippen molar-refractivity contribution in [1.29, 1.82) is 0 Å². The van der Waals surface area contributed by atoms with Gasteiger partial charge in [0.15, 0.2) is 0 Å². The third-order valence-corrected chi connectivity index (χ3v) is 2.57. The fraction of sp³-hybridized carbons (Fsp3) is 0.267. The van der Waals surface area contributed by atoms with E-state index >= 15 is 0 Å². The summed E-state index contributed by atoms with van der Waals surface area (Å²) in [7, 11) is 0. The summed E-state index contributed by atoms with van der Waals surface area (Å²) in [4.78, 5) is 4.14. The highest BCUT2D eigenvalue weighted by molar-refractivity contribution is 5.35. The number of rotatable bonds is 6. The summed E-state index contributed by atoms with van der Waals surface area (Å²) in [6.07, 6.45) is 4.29. The zero-order valence-corrected chi connectivity index (χ0v) is 11.0. The first-order valence-electron chi connectivity index (χ1n) is 6.36. The molecule has 0 aliphatic carbocycles. The second-order valence-corrected chi connectivity index (χ2v) is 4.07. The zero-order chi connectivity index (χ0) is 13.5. The molecule has 0 aliphatic rings. The van der Waals surface area contributed by atoms with E-state index in [1.54, 1.807) is 12.4 Å². The number of nitrogens with two attached hydrogens (primary N) is 1. The predicted molar refractivity (Wildman–Crippen MR) is 74.7 cm³/mol. The van der Waals surface area contributed by atoms with Crippen LogP contribution >= 0.6 is 0 Å². The van der Waals surface area contributed by atoms with E-state index in [1.807, 2.05) is 37.3 Å². The first-order chi connectivity index (χ1) is 9.31. The number of pyridine rings is 1. The first-order valence-corrected chi connectivity index (χ1v) is 6.36. The molecule has 2 rings (SSSR count). The van der Waals surface area contributed by atoms with Gasteiger partial charge in [0, 0.05) is 6.20 Å². The van der Waals surface area contributed by atoms with Gasteiger partial charge in [0.25, 0.3) is 0 Å². The molecular weight excluding hydrogens is 240 g/mol. The second kappa shape index (κ2) is 6.75. The van der Waals surface area contributed by atoms with Crippen LogP contribution in [0.15, 0.2) is 42.7 Å². The molecule has 1 heterocycles. The van der Waals surface area contributed by atoms with Crippen LogP contribution in [-0.4, -0.2) is 18.1 Å². The van der Waals surface area contributed by atoms with Crippen molar-refractivity contribution < 1.29 is 9.47 Å². The first kappa shape index (κ1) is 13.4. The zero-order valence-electron chi connectivity index (χ0n) is 11.0. The smallest absolute Gasteiger partial charge is 0.145 e. The maximum atomic E-state index is 5.74. The standard InChI is InChI=1S/C15H18N2O2/c1-2-18-13-3-5-14(6-4-13)19-15-9-12(7-8-16)10-17-11-15/h3-6,9-11H,2,7-8,16H2,1H3. The van der Waals surface area contributed by atoms with E-state index in [9.17, 15) is 0 Å². The lowest BCUT2D eigenvalue weighted by molar-refractivity contribution is 0.339. The third-order valence-electron chi connectivity index (χ3n) is 2.57. The van der Waals surface area contributed by atoms with E-state index < -0.39 is 0 Å². The number of aromatic nitrogens is 1. The van der Waals surface area contributed by atoms with Crippen LogP contribution in [0.5, 0.6) is 17.2 Å². The monoisotopic (exact) mass is 258 g/mol. The van der Waals surface area contributed by atoms with Crippen LogP contribution < -0.4 is 15.2 Å². The molecule has 19 heavy (non-hydrogen) atoms. The largest absolute Gasteiger partial charge is 0.494 e. The molecule has 0 saturated heterocycles. The van der Waals surface area contributed by atoms with Gasteiger partial charge >= 0.3 is 0 Å². The summed E-state index contributed by atoms with van der Waals surface area (Å²) in [6, 6.07) is 9.48. The van der Waals surface area contributed by atoms with Crippen LogP contribution in [0, 0.1) is 0 Å². The van der Waals surface area contributed by atoms with Gasteiger partial charge in [-0.05, 0) is 55.8 Å². The Kier molecular flexibility index (Phi) is 4.75. The van der Waals surface area contributed by atoms with Crippen LogP contribution in [-0.2, 0) is 6.42 Å². The highest BCUT2D eigenvalue weighted by Crippen LogP contribution is 2.23. The molecule has 0 unspecified atom stereocenters. The van der Waals surface area contributed by atoms with Crippen LogP contribution in [0.1, 0.15) is 12.5 Å². The maximum absolute atomic E-state index is 5.74. The Balaban J connectivity index is 2.05. The summed E-state index contributed by atoms with van der Waals surface area (Å²) in [6.45, 7) is 3.22. The predicted octanol–water partition coefficient (Wildman–Crippen LogP) is 2.77. The fourth-order valence-corrected chi connectivity index (χ4v) is 1.73. The summed E-state index contributed by atoms with van der Waals surface area (Å²) in [5.74, 6) is 2.31. The highest BCUT2D eigenvalue weighted by Gasteiger charge is 2.00. The van der Waals surface area contributed by atoms with E-state index in [0.717, 1.165) is 29.2 Å². The van der Waals surface area contributed by atoms with Gasteiger partial charge in [-0.2, -0.15) is 0 Å². The van der Waals surface area contributed by atoms with E-state index in [2.05, 4.69) is 4.98 Å². The van der Waals surface area contributed by atoms with Gasteiger partial charge < -0.3 is 15.2 Å². The maximum Gasteiger partial charge on any atom is 0.145 e. The Bertz CT molecular complexity index is 512. The Morgan fingerprint density at radius 3 is 2.47 bits per heavy atom. The number of nitrogens with zero attached hydrogens (tertiary/aromatic N) is 1. The molecule has 0 radical (unpaired) electrons. The van der Waals surface area contributed by atoms with Gasteiger partial charge in [0.2, 0.25) is 0 Å². The molecule has 1 aromatic heterocycles. The average Bonchev–Trinajstić information content (AvgIpc) is 2.42. The highest BCUT2D eigenvalue weighted by atomic mass is 16.5. The molecule has 0 saturated carbocycles. The molecule has 1 aromatic carbocycles. The van der Waals surface area contributed by atoms with E-state index in [1.165, 1.54) is 0 Å². The van der Waals surface area contributed by atoms with E-state index in [4.69, 9.17) is 15.2 Å². The van der Waals surface area contributed by atoms with Crippen LogP contribution in [0.4, 0.5) is 0 Å². The molecular formula is C15H18N2O2. The molecule has 0 aliphatic heterocycles. The quantitative estimate of drug-likeness (QED) is 0.865. The van der Waals surface area contributed by atoms with Crippen molar-refractivity contribution in [2.24, 2.45) is 5.73 Å². The van der Waals surface area contributed by atoms with E-state index in [-0.39, 0.29) is 0 Å². The van der Waals surface area contributed by atoms with Gasteiger partial charge in [-0.25, -0.2) is 0 Å². The Hall–Kier alpha value is -2.07. The Morgan fingerprint density at radius 1 is 1.05 bits per heavy atom. The molecule has 4 heteroatoms. The summed E-state index contributed by atoms with van der Waals surface area (Å²) >= 11 is 0. The van der Waals surface area contributed by atoms with Crippen molar-refractivity contribution in [3.8, 4) is 17.2 Å². The lowest BCUT2D eigenvalue weighted by Gasteiger charge is -2.08.